The molecule has 0 saturated heterocycles. The number of nitriles is 1. The molecule has 0 saturated carbocycles. The summed E-state index contributed by atoms with van der Waals surface area (Å²) in [6, 6.07) is 7.96. The van der Waals surface area contributed by atoms with E-state index in [9.17, 15) is 0 Å². The predicted molar refractivity (Wildman–Crippen MR) is 75.0 cm³/mol. The van der Waals surface area contributed by atoms with E-state index in [4.69, 9.17) is 20.5 Å². The highest BCUT2D eigenvalue weighted by Crippen LogP contribution is 2.31. The van der Waals surface area contributed by atoms with E-state index >= 15 is 0 Å². The second-order valence-corrected chi connectivity index (χ2v) is 5.10. The van der Waals surface area contributed by atoms with Crippen molar-refractivity contribution in [1.82, 2.24) is 0 Å². The number of benzene rings is 1. The van der Waals surface area contributed by atoms with E-state index in [0.717, 1.165) is 18.4 Å². The van der Waals surface area contributed by atoms with Crippen molar-refractivity contribution < 1.29 is 9.47 Å². The summed E-state index contributed by atoms with van der Waals surface area (Å²) in [4.78, 5) is 0. The highest BCUT2D eigenvalue weighted by molar-refractivity contribution is 5.46. The summed E-state index contributed by atoms with van der Waals surface area (Å²) in [5.41, 5.74) is 6.32. The maximum Gasteiger partial charge on any atom is 0.165 e. The van der Waals surface area contributed by atoms with Gasteiger partial charge >= 0.3 is 0 Å². The SMILES string of the molecule is COc1cccc(CN)c1OCCCC(C)(C)C#N. The Labute approximate surface area is 115 Å². The Bertz CT molecular complexity index is 428. The van der Waals surface area contributed by atoms with E-state index in [2.05, 4.69) is 6.07 Å². The molecular formula is C15H22N2O2. The number of rotatable bonds is 7. The van der Waals surface area contributed by atoms with Crippen LogP contribution in [0.4, 0.5) is 0 Å². The first kappa shape index (κ1) is 15.3. The molecule has 1 rings (SSSR count). The van der Waals surface area contributed by atoms with Crippen LogP contribution in [0.1, 0.15) is 32.3 Å². The second kappa shape index (κ2) is 7.01. The molecule has 0 spiro atoms. The van der Waals surface area contributed by atoms with Crippen molar-refractivity contribution in [2.24, 2.45) is 11.1 Å². The molecule has 0 aliphatic carbocycles. The van der Waals surface area contributed by atoms with Gasteiger partial charge in [0.05, 0.1) is 25.2 Å². The third kappa shape index (κ3) is 4.46. The Morgan fingerprint density at radius 3 is 2.68 bits per heavy atom. The van der Waals surface area contributed by atoms with Gasteiger partial charge in [-0.3, -0.25) is 0 Å². The van der Waals surface area contributed by atoms with Crippen LogP contribution in [0.3, 0.4) is 0 Å². The van der Waals surface area contributed by atoms with Crippen LogP contribution in [0.25, 0.3) is 0 Å². The van der Waals surface area contributed by atoms with Gasteiger partial charge in [0.25, 0.3) is 0 Å². The smallest absolute Gasteiger partial charge is 0.165 e. The van der Waals surface area contributed by atoms with Gasteiger partial charge in [-0.05, 0) is 32.8 Å². The molecule has 0 bridgehead atoms. The molecule has 4 heteroatoms. The van der Waals surface area contributed by atoms with Crippen molar-refractivity contribution in [3.63, 3.8) is 0 Å². The number of ether oxygens (including phenoxy) is 2. The first-order valence-electron chi connectivity index (χ1n) is 6.44. The van der Waals surface area contributed by atoms with Crippen molar-refractivity contribution in [2.75, 3.05) is 13.7 Å². The number of hydrogen-bond acceptors (Lipinski definition) is 4. The summed E-state index contributed by atoms with van der Waals surface area (Å²) in [7, 11) is 1.61. The molecule has 0 aliphatic rings. The zero-order valence-electron chi connectivity index (χ0n) is 11.9. The van der Waals surface area contributed by atoms with Crippen molar-refractivity contribution in [3.05, 3.63) is 23.8 Å². The fourth-order valence-corrected chi connectivity index (χ4v) is 1.79. The van der Waals surface area contributed by atoms with E-state index < -0.39 is 0 Å². The molecule has 1 aromatic carbocycles. The predicted octanol–water partition coefficient (Wildman–Crippen LogP) is 2.86. The van der Waals surface area contributed by atoms with Gasteiger partial charge in [-0.25, -0.2) is 0 Å². The van der Waals surface area contributed by atoms with Crippen molar-refractivity contribution >= 4 is 0 Å². The van der Waals surface area contributed by atoms with Crippen molar-refractivity contribution in [2.45, 2.75) is 33.2 Å². The zero-order chi connectivity index (χ0) is 14.3. The van der Waals surface area contributed by atoms with Gasteiger partial charge in [0, 0.05) is 12.1 Å². The fraction of sp³-hybridized carbons (Fsp3) is 0.533. The van der Waals surface area contributed by atoms with E-state index in [1.54, 1.807) is 7.11 Å². The Morgan fingerprint density at radius 2 is 2.11 bits per heavy atom. The Kier molecular flexibility index (Phi) is 5.65. The molecule has 1 aromatic rings. The van der Waals surface area contributed by atoms with E-state index in [0.29, 0.717) is 24.7 Å². The Hall–Kier alpha value is -1.73. The summed E-state index contributed by atoms with van der Waals surface area (Å²) in [6.07, 6.45) is 1.62. The summed E-state index contributed by atoms with van der Waals surface area (Å²) in [6.45, 7) is 4.83. The van der Waals surface area contributed by atoms with Crippen molar-refractivity contribution in [3.8, 4) is 17.6 Å². The average Bonchev–Trinajstić information content (AvgIpc) is 2.43. The normalized spacial score (nSPS) is 10.9. The zero-order valence-corrected chi connectivity index (χ0v) is 11.9. The quantitative estimate of drug-likeness (QED) is 0.767. The molecule has 19 heavy (non-hydrogen) atoms. The molecule has 0 atom stereocenters. The minimum atomic E-state index is -0.305. The Morgan fingerprint density at radius 1 is 1.37 bits per heavy atom. The van der Waals surface area contributed by atoms with Crippen LogP contribution < -0.4 is 15.2 Å². The first-order valence-corrected chi connectivity index (χ1v) is 6.44. The van der Waals surface area contributed by atoms with Gasteiger partial charge in [-0.2, -0.15) is 5.26 Å². The van der Waals surface area contributed by atoms with Gasteiger partial charge in [0.1, 0.15) is 0 Å². The minimum absolute atomic E-state index is 0.305. The van der Waals surface area contributed by atoms with Crippen LogP contribution in [0, 0.1) is 16.7 Å². The molecule has 0 fully saturated rings. The Balaban J connectivity index is 2.60. The molecule has 0 radical (unpaired) electrons. The fourth-order valence-electron chi connectivity index (χ4n) is 1.79. The van der Waals surface area contributed by atoms with Gasteiger partial charge in [0.2, 0.25) is 0 Å². The summed E-state index contributed by atoms with van der Waals surface area (Å²) < 4.78 is 11.0. The molecule has 104 valence electrons. The largest absolute Gasteiger partial charge is 0.493 e. The highest BCUT2D eigenvalue weighted by atomic mass is 16.5. The van der Waals surface area contributed by atoms with E-state index in [1.165, 1.54) is 0 Å². The maximum atomic E-state index is 8.95. The molecule has 4 nitrogen and oxygen atoms in total. The summed E-state index contributed by atoms with van der Waals surface area (Å²) >= 11 is 0. The molecule has 0 aromatic heterocycles. The number of para-hydroxylation sites is 1. The highest BCUT2D eigenvalue weighted by Gasteiger charge is 2.16. The third-order valence-electron chi connectivity index (χ3n) is 3.00. The lowest BCUT2D eigenvalue weighted by Gasteiger charge is -2.17. The van der Waals surface area contributed by atoms with E-state index in [1.807, 2.05) is 32.0 Å². The average molecular weight is 262 g/mol. The minimum Gasteiger partial charge on any atom is -0.493 e. The lowest BCUT2D eigenvalue weighted by atomic mass is 9.90. The maximum absolute atomic E-state index is 8.95. The topological polar surface area (TPSA) is 68.3 Å². The number of nitrogens with two attached hydrogens (primary N) is 1. The molecule has 0 aliphatic heterocycles. The first-order chi connectivity index (χ1) is 9.04. The van der Waals surface area contributed by atoms with Gasteiger partial charge in [-0.1, -0.05) is 12.1 Å². The van der Waals surface area contributed by atoms with Gasteiger partial charge in [-0.15, -0.1) is 0 Å². The number of nitrogens with zero attached hydrogens (tertiary/aromatic N) is 1. The van der Waals surface area contributed by atoms with Crippen LogP contribution in [-0.2, 0) is 6.54 Å². The second-order valence-electron chi connectivity index (χ2n) is 5.10. The molecule has 0 amide bonds. The lowest BCUT2D eigenvalue weighted by Crippen LogP contribution is -2.11. The van der Waals surface area contributed by atoms with E-state index in [-0.39, 0.29) is 5.41 Å². The number of methoxy groups -OCH3 is 1. The summed E-state index contributed by atoms with van der Waals surface area (Å²) in [5.74, 6) is 1.41. The van der Waals surface area contributed by atoms with Crippen LogP contribution in [0.2, 0.25) is 0 Å². The van der Waals surface area contributed by atoms with Crippen LogP contribution in [-0.4, -0.2) is 13.7 Å². The molecular weight excluding hydrogens is 240 g/mol. The van der Waals surface area contributed by atoms with Crippen LogP contribution >= 0.6 is 0 Å². The van der Waals surface area contributed by atoms with Crippen LogP contribution in [0.5, 0.6) is 11.5 Å². The molecule has 0 heterocycles. The van der Waals surface area contributed by atoms with Crippen molar-refractivity contribution in [1.29, 1.82) is 5.26 Å². The summed E-state index contributed by atoms with van der Waals surface area (Å²) in [5, 5.41) is 8.95. The molecule has 2 N–H and O–H groups in total. The third-order valence-corrected chi connectivity index (χ3v) is 3.00. The van der Waals surface area contributed by atoms with Gasteiger partial charge in [0.15, 0.2) is 11.5 Å². The van der Waals surface area contributed by atoms with Gasteiger partial charge < -0.3 is 15.2 Å². The van der Waals surface area contributed by atoms with Crippen LogP contribution in [0.15, 0.2) is 18.2 Å². The molecule has 0 unspecified atom stereocenters. The number of hydrogen-bond donors (Lipinski definition) is 1. The monoisotopic (exact) mass is 262 g/mol. The standard InChI is InChI=1S/C15H22N2O2/c1-15(2,11-17)8-5-9-19-14-12(10-16)6-4-7-13(14)18-3/h4,6-7H,5,8-10,16H2,1-3H3. The lowest BCUT2D eigenvalue weighted by molar-refractivity contribution is 0.267.